The molecule has 1 N–H and O–H groups in total. The minimum Gasteiger partial charge on any atom is -0.348 e. The van der Waals surface area contributed by atoms with Crippen LogP contribution in [0.2, 0.25) is 20.2 Å². The van der Waals surface area contributed by atoms with Gasteiger partial charge in [-0.15, -0.1) is 0 Å². The maximum Gasteiger partial charge on any atom is 0.271 e. The fourth-order valence-corrected chi connectivity index (χ4v) is 2.78. The number of rotatable bonds is 2. The van der Waals surface area contributed by atoms with E-state index in [4.69, 9.17) is 46.4 Å². The molecule has 1 fully saturated rings. The molecule has 0 saturated heterocycles. The first kappa shape index (κ1) is 14.2. The molecular formula is C11H10Cl4N2O. The Labute approximate surface area is 125 Å². The minimum absolute atomic E-state index is 0.0166. The number of aromatic nitrogens is 1. The summed E-state index contributed by atoms with van der Waals surface area (Å²) in [5.74, 6) is -0.368. The van der Waals surface area contributed by atoms with Gasteiger partial charge >= 0.3 is 0 Å². The van der Waals surface area contributed by atoms with Gasteiger partial charge in [-0.2, -0.15) is 0 Å². The smallest absolute Gasteiger partial charge is 0.271 e. The molecule has 1 heterocycles. The molecule has 0 aliphatic heterocycles. The van der Waals surface area contributed by atoms with Gasteiger partial charge in [0.2, 0.25) is 0 Å². The van der Waals surface area contributed by atoms with Crippen molar-refractivity contribution in [3.8, 4) is 0 Å². The molecular weight excluding hydrogens is 318 g/mol. The summed E-state index contributed by atoms with van der Waals surface area (Å²) in [4.78, 5) is 15.9. The molecule has 1 aromatic heterocycles. The molecule has 0 unspecified atom stereocenters. The lowest BCUT2D eigenvalue weighted by molar-refractivity contribution is 0.0933. The Balaban J connectivity index is 2.24. The van der Waals surface area contributed by atoms with E-state index in [0.717, 1.165) is 25.7 Å². The Morgan fingerprint density at radius 1 is 1.06 bits per heavy atom. The Hall–Kier alpha value is -0.220. The van der Waals surface area contributed by atoms with E-state index in [2.05, 4.69) is 10.3 Å². The van der Waals surface area contributed by atoms with Crippen LogP contribution in [-0.4, -0.2) is 16.9 Å². The molecule has 3 nitrogen and oxygen atoms in total. The summed E-state index contributed by atoms with van der Waals surface area (Å²) < 4.78 is 0. The van der Waals surface area contributed by atoms with Crippen LogP contribution in [0.5, 0.6) is 0 Å². The number of nitrogens with one attached hydrogen (secondary N) is 1. The van der Waals surface area contributed by atoms with Crippen molar-refractivity contribution in [1.29, 1.82) is 0 Å². The van der Waals surface area contributed by atoms with Gasteiger partial charge in [-0.05, 0) is 12.8 Å². The number of hydrogen-bond acceptors (Lipinski definition) is 2. The summed E-state index contributed by atoms with van der Waals surface area (Å²) in [6, 6.07) is 0.170. The van der Waals surface area contributed by atoms with E-state index in [-0.39, 0.29) is 37.9 Å². The lowest BCUT2D eigenvalue weighted by atomic mass is 10.2. The zero-order valence-corrected chi connectivity index (χ0v) is 12.3. The van der Waals surface area contributed by atoms with E-state index in [9.17, 15) is 4.79 Å². The fourth-order valence-electron chi connectivity index (χ4n) is 1.96. The highest BCUT2D eigenvalue weighted by Gasteiger charge is 2.23. The standard InChI is InChI=1S/C11H10Cl4N2O/c12-6-7(13)9(17-10(15)8(6)14)11(18)16-5-3-1-2-4-5/h5H,1-4H2,(H,16,18). The summed E-state index contributed by atoms with van der Waals surface area (Å²) in [6.45, 7) is 0. The van der Waals surface area contributed by atoms with Gasteiger partial charge in [0.1, 0.15) is 10.8 Å². The number of hydrogen-bond donors (Lipinski definition) is 1. The van der Waals surface area contributed by atoms with E-state index in [1.165, 1.54) is 0 Å². The second-order valence-corrected chi connectivity index (χ2v) is 5.64. The van der Waals surface area contributed by atoms with Crippen LogP contribution in [0.15, 0.2) is 0 Å². The molecule has 0 aromatic carbocycles. The predicted molar refractivity (Wildman–Crippen MR) is 74.0 cm³/mol. The largest absolute Gasteiger partial charge is 0.348 e. The Morgan fingerprint density at radius 3 is 2.28 bits per heavy atom. The zero-order chi connectivity index (χ0) is 13.3. The van der Waals surface area contributed by atoms with E-state index < -0.39 is 0 Å². The van der Waals surface area contributed by atoms with E-state index in [0.29, 0.717) is 0 Å². The number of nitrogens with zero attached hydrogens (tertiary/aromatic N) is 1. The van der Waals surface area contributed by atoms with Crippen molar-refractivity contribution in [1.82, 2.24) is 10.3 Å². The van der Waals surface area contributed by atoms with Crippen molar-refractivity contribution in [2.75, 3.05) is 0 Å². The number of carbonyl (C=O) groups is 1. The fraction of sp³-hybridized carbons (Fsp3) is 0.455. The van der Waals surface area contributed by atoms with Gasteiger partial charge in [0.25, 0.3) is 5.91 Å². The van der Waals surface area contributed by atoms with Crippen LogP contribution >= 0.6 is 46.4 Å². The summed E-state index contributed by atoms with van der Waals surface area (Å²) in [7, 11) is 0. The second kappa shape index (κ2) is 5.83. The molecule has 1 aliphatic carbocycles. The highest BCUT2D eigenvalue weighted by Crippen LogP contribution is 2.36. The summed E-state index contributed by atoms with van der Waals surface area (Å²) in [6.07, 6.45) is 4.18. The first-order valence-corrected chi connectivity index (χ1v) is 7.02. The summed E-state index contributed by atoms with van der Waals surface area (Å²) >= 11 is 23.4. The number of carbonyl (C=O) groups excluding carboxylic acids is 1. The average molecular weight is 328 g/mol. The Bertz CT molecular complexity index is 486. The van der Waals surface area contributed by atoms with Gasteiger partial charge in [0, 0.05) is 6.04 Å². The summed E-state index contributed by atoms with van der Waals surface area (Å²) in [5, 5.41) is 2.97. The normalized spacial score (nSPS) is 16.0. The lowest BCUT2D eigenvalue weighted by Crippen LogP contribution is -2.33. The first-order chi connectivity index (χ1) is 8.50. The van der Waals surface area contributed by atoms with Crippen LogP contribution in [0, 0.1) is 0 Å². The Morgan fingerprint density at radius 2 is 1.67 bits per heavy atom. The van der Waals surface area contributed by atoms with Crippen LogP contribution in [0.25, 0.3) is 0 Å². The van der Waals surface area contributed by atoms with Gasteiger partial charge in [0.15, 0.2) is 0 Å². The molecule has 0 bridgehead atoms. The maximum atomic E-state index is 12.0. The third-order valence-corrected chi connectivity index (χ3v) is 4.57. The third kappa shape index (κ3) is 2.85. The maximum absolute atomic E-state index is 12.0. The highest BCUT2D eigenvalue weighted by molar-refractivity contribution is 6.52. The zero-order valence-electron chi connectivity index (χ0n) is 9.27. The van der Waals surface area contributed by atoms with Crippen molar-refractivity contribution in [2.45, 2.75) is 31.7 Å². The van der Waals surface area contributed by atoms with Crippen molar-refractivity contribution >= 4 is 52.3 Å². The Kier molecular flexibility index (Phi) is 4.59. The lowest BCUT2D eigenvalue weighted by Gasteiger charge is -2.13. The van der Waals surface area contributed by atoms with Gasteiger partial charge in [0.05, 0.1) is 15.1 Å². The molecule has 1 saturated carbocycles. The van der Waals surface area contributed by atoms with Gasteiger partial charge in [-0.25, -0.2) is 4.98 Å². The molecule has 2 rings (SSSR count). The van der Waals surface area contributed by atoms with E-state index >= 15 is 0 Å². The monoisotopic (exact) mass is 326 g/mol. The molecule has 0 radical (unpaired) electrons. The molecule has 1 aromatic rings. The predicted octanol–water partition coefficient (Wildman–Crippen LogP) is 4.37. The van der Waals surface area contributed by atoms with Crippen LogP contribution in [0.3, 0.4) is 0 Å². The average Bonchev–Trinajstić information content (AvgIpc) is 2.83. The minimum atomic E-state index is -0.368. The molecule has 1 aliphatic rings. The number of amides is 1. The van der Waals surface area contributed by atoms with Crippen LogP contribution in [0.4, 0.5) is 0 Å². The van der Waals surface area contributed by atoms with Crippen molar-refractivity contribution in [3.05, 3.63) is 25.9 Å². The van der Waals surface area contributed by atoms with Crippen LogP contribution in [0.1, 0.15) is 36.2 Å². The first-order valence-electron chi connectivity index (χ1n) is 5.51. The van der Waals surface area contributed by atoms with E-state index in [1.54, 1.807) is 0 Å². The van der Waals surface area contributed by atoms with Crippen LogP contribution in [-0.2, 0) is 0 Å². The van der Waals surface area contributed by atoms with Gasteiger partial charge in [-0.3, -0.25) is 4.79 Å². The second-order valence-electron chi connectivity index (χ2n) is 4.15. The quantitative estimate of drug-likeness (QED) is 0.819. The molecule has 7 heteroatoms. The van der Waals surface area contributed by atoms with E-state index in [1.807, 2.05) is 0 Å². The van der Waals surface area contributed by atoms with Crippen molar-refractivity contribution in [2.24, 2.45) is 0 Å². The number of pyridine rings is 1. The number of halogens is 4. The van der Waals surface area contributed by atoms with Gasteiger partial charge in [-0.1, -0.05) is 59.2 Å². The molecule has 0 spiro atoms. The van der Waals surface area contributed by atoms with Crippen molar-refractivity contribution < 1.29 is 4.79 Å². The van der Waals surface area contributed by atoms with Crippen molar-refractivity contribution in [3.63, 3.8) is 0 Å². The molecule has 0 atom stereocenters. The van der Waals surface area contributed by atoms with Crippen LogP contribution < -0.4 is 5.32 Å². The topological polar surface area (TPSA) is 42.0 Å². The third-order valence-electron chi connectivity index (χ3n) is 2.89. The highest BCUT2D eigenvalue weighted by atomic mass is 35.5. The molecule has 1 amide bonds. The SMILES string of the molecule is O=C(NC1CCCC1)c1nc(Cl)c(Cl)c(Cl)c1Cl. The van der Waals surface area contributed by atoms with Gasteiger partial charge < -0.3 is 5.32 Å². The molecule has 98 valence electrons. The summed E-state index contributed by atoms with van der Waals surface area (Å²) in [5.41, 5.74) is 0.0166. The molecule has 18 heavy (non-hydrogen) atoms.